The highest BCUT2D eigenvalue weighted by molar-refractivity contribution is 6.35. The molecule has 0 aliphatic carbocycles. The molecule has 6 heteroatoms. The molecule has 0 aromatic heterocycles. The number of hydrogen-bond acceptors (Lipinski definition) is 3. The quantitative estimate of drug-likeness (QED) is 0.934. The van der Waals surface area contributed by atoms with Crippen molar-refractivity contribution in [2.75, 3.05) is 13.2 Å². The summed E-state index contributed by atoms with van der Waals surface area (Å²) >= 11 is 11.8. The predicted octanol–water partition coefficient (Wildman–Crippen LogP) is 2.87. The molecular formula is C13H15Cl2NO3. The summed E-state index contributed by atoms with van der Waals surface area (Å²) in [5.74, 6) is -0.871. The van der Waals surface area contributed by atoms with Crippen LogP contribution in [0.2, 0.25) is 10.0 Å². The minimum absolute atomic E-state index is 0.156. The van der Waals surface area contributed by atoms with E-state index in [0.717, 1.165) is 0 Å². The lowest BCUT2D eigenvalue weighted by atomic mass is 10.2. The van der Waals surface area contributed by atoms with Gasteiger partial charge in [0, 0.05) is 11.6 Å². The zero-order chi connectivity index (χ0) is 14.0. The van der Waals surface area contributed by atoms with Gasteiger partial charge in [0.05, 0.1) is 17.2 Å². The number of amides is 1. The van der Waals surface area contributed by atoms with Gasteiger partial charge in [-0.05, 0) is 32.0 Å². The first-order chi connectivity index (χ1) is 8.87. The molecule has 1 unspecified atom stereocenters. The minimum atomic E-state index is -0.594. The molecule has 0 radical (unpaired) electrons. The van der Waals surface area contributed by atoms with E-state index in [1.807, 2.05) is 13.8 Å². The number of nitrogens with one attached hydrogen (secondary N) is 1. The summed E-state index contributed by atoms with van der Waals surface area (Å²) in [5.41, 5.74) is 0.354. The maximum absolute atomic E-state index is 12.0. The van der Waals surface area contributed by atoms with Crippen molar-refractivity contribution in [1.29, 1.82) is 0 Å². The van der Waals surface area contributed by atoms with E-state index in [-0.39, 0.29) is 12.0 Å². The van der Waals surface area contributed by atoms with Crippen molar-refractivity contribution in [1.82, 2.24) is 5.32 Å². The molecule has 19 heavy (non-hydrogen) atoms. The fourth-order valence-electron chi connectivity index (χ4n) is 1.84. The Morgan fingerprint density at radius 3 is 2.84 bits per heavy atom. The fraction of sp³-hybridized carbons (Fsp3) is 0.462. The Morgan fingerprint density at radius 2 is 2.21 bits per heavy atom. The number of carbonyl (C=O) groups is 1. The Labute approximate surface area is 122 Å². The Bertz CT molecular complexity index is 491. The molecule has 1 aliphatic rings. The second-order valence-corrected chi connectivity index (χ2v) is 5.63. The summed E-state index contributed by atoms with van der Waals surface area (Å²) in [6, 6.07) is 4.77. The van der Waals surface area contributed by atoms with Gasteiger partial charge in [-0.15, -0.1) is 0 Å². The Kier molecular flexibility index (Phi) is 4.36. The molecule has 1 atom stereocenters. The van der Waals surface area contributed by atoms with E-state index in [9.17, 15) is 4.79 Å². The van der Waals surface area contributed by atoms with Crippen molar-refractivity contribution in [2.24, 2.45) is 0 Å². The lowest BCUT2D eigenvalue weighted by Crippen LogP contribution is -2.34. The van der Waals surface area contributed by atoms with Gasteiger partial charge in [0.2, 0.25) is 0 Å². The second-order valence-electron chi connectivity index (χ2n) is 4.78. The summed E-state index contributed by atoms with van der Waals surface area (Å²) in [6.45, 7) is 4.49. The first-order valence-corrected chi connectivity index (χ1v) is 6.68. The molecule has 1 fully saturated rings. The summed E-state index contributed by atoms with van der Waals surface area (Å²) in [6.07, 6.45) is -0.156. The first kappa shape index (κ1) is 14.6. The van der Waals surface area contributed by atoms with Gasteiger partial charge in [0.1, 0.15) is 6.10 Å². The van der Waals surface area contributed by atoms with Crippen molar-refractivity contribution in [3.8, 4) is 0 Å². The molecular weight excluding hydrogens is 289 g/mol. The molecule has 1 heterocycles. The van der Waals surface area contributed by atoms with E-state index in [1.165, 1.54) is 6.07 Å². The van der Waals surface area contributed by atoms with Gasteiger partial charge < -0.3 is 14.8 Å². The van der Waals surface area contributed by atoms with Crippen LogP contribution >= 0.6 is 23.2 Å². The van der Waals surface area contributed by atoms with E-state index >= 15 is 0 Å². The molecule has 1 aliphatic heterocycles. The molecule has 1 aromatic rings. The van der Waals surface area contributed by atoms with Gasteiger partial charge in [-0.25, -0.2) is 0 Å². The molecule has 104 valence electrons. The summed E-state index contributed by atoms with van der Waals surface area (Å²) < 4.78 is 11.0. The lowest BCUT2D eigenvalue weighted by Gasteiger charge is -2.17. The predicted molar refractivity (Wildman–Crippen MR) is 73.7 cm³/mol. The monoisotopic (exact) mass is 303 g/mol. The van der Waals surface area contributed by atoms with Crippen LogP contribution in [-0.2, 0) is 9.47 Å². The summed E-state index contributed by atoms with van der Waals surface area (Å²) in [5, 5.41) is 3.59. The van der Waals surface area contributed by atoms with Crippen molar-refractivity contribution >= 4 is 29.1 Å². The normalized spacial score (nSPS) is 21.4. The van der Waals surface area contributed by atoms with Crippen LogP contribution in [0.25, 0.3) is 0 Å². The van der Waals surface area contributed by atoms with Crippen LogP contribution in [0.4, 0.5) is 0 Å². The molecule has 1 amide bonds. The summed E-state index contributed by atoms with van der Waals surface area (Å²) in [7, 11) is 0. The highest BCUT2D eigenvalue weighted by Gasteiger charge is 2.32. The van der Waals surface area contributed by atoms with E-state index < -0.39 is 5.79 Å². The SMILES string of the molecule is CC1(C)OCC(CNC(=O)c2cc(Cl)ccc2Cl)O1. The van der Waals surface area contributed by atoms with Crippen LogP contribution in [0, 0.1) is 0 Å². The van der Waals surface area contributed by atoms with E-state index in [4.69, 9.17) is 32.7 Å². The minimum Gasteiger partial charge on any atom is -0.349 e. The maximum atomic E-state index is 12.0. The van der Waals surface area contributed by atoms with Crippen molar-refractivity contribution in [3.05, 3.63) is 33.8 Å². The third-order valence-corrected chi connectivity index (χ3v) is 3.30. The van der Waals surface area contributed by atoms with Gasteiger partial charge in [-0.3, -0.25) is 4.79 Å². The largest absolute Gasteiger partial charge is 0.349 e. The number of benzene rings is 1. The van der Waals surface area contributed by atoms with Crippen LogP contribution in [0.5, 0.6) is 0 Å². The molecule has 4 nitrogen and oxygen atoms in total. The lowest BCUT2D eigenvalue weighted by molar-refractivity contribution is -0.137. The highest BCUT2D eigenvalue weighted by atomic mass is 35.5. The number of ether oxygens (including phenoxy) is 2. The molecule has 0 saturated carbocycles. The molecule has 1 saturated heterocycles. The number of carbonyl (C=O) groups excluding carboxylic acids is 1. The van der Waals surface area contributed by atoms with Crippen molar-refractivity contribution < 1.29 is 14.3 Å². The standard InChI is InChI=1S/C13H15Cl2NO3/c1-13(2)18-7-9(19-13)6-16-12(17)10-5-8(14)3-4-11(10)15/h3-5,9H,6-7H2,1-2H3,(H,16,17). The maximum Gasteiger partial charge on any atom is 0.252 e. The van der Waals surface area contributed by atoms with Crippen LogP contribution < -0.4 is 5.32 Å². The molecule has 0 spiro atoms. The zero-order valence-electron chi connectivity index (χ0n) is 10.7. The fourth-order valence-corrected chi connectivity index (χ4v) is 2.21. The molecule has 1 aromatic carbocycles. The van der Waals surface area contributed by atoms with E-state index in [0.29, 0.717) is 28.8 Å². The Morgan fingerprint density at radius 1 is 1.47 bits per heavy atom. The van der Waals surface area contributed by atoms with Gasteiger partial charge in [0.15, 0.2) is 5.79 Å². The number of rotatable bonds is 3. The third-order valence-electron chi connectivity index (χ3n) is 2.73. The Hall–Kier alpha value is -0.810. The first-order valence-electron chi connectivity index (χ1n) is 5.92. The highest BCUT2D eigenvalue weighted by Crippen LogP contribution is 2.23. The zero-order valence-corrected chi connectivity index (χ0v) is 12.2. The van der Waals surface area contributed by atoms with Crippen LogP contribution in [0.3, 0.4) is 0 Å². The van der Waals surface area contributed by atoms with Crippen molar-refractivity contribution in [2.45, 2.75) is 25.7 Å². The Balaban J connectivity index is 1.93. The number of hydrogen-bond donors (Lipinski definition) is 1. The molecule has 2 rings (SSSR count). The summed E-state index contributed by atoms with van der Waals surface area (Å²) in [4.78, 5) is 12.0. The average Bonchev–Trinajstić information content (AvgIpc) is 2.69. The van der Waals surface area contributed by atoms with E-state index in [2.05, 4.69) is 5.32 Å². The van der Waals surface area contributed by atoms with Gasteiger partial charge in [-0.2, -0.15) is 0 Å². The van der Waals surface area contributed by atoms with Crippen LogP contribution in [-0.4, -0.2) is 30.9 Å². The topological polar surface area (TPSA) is 47.6 Å². The second kappa shape index (κ2) is 5.67. The third kappa shape index (κ3) is 3.83. The molecule has 1 N–H and O–H groups in total. The smallest absolute Gasteiger partial charge is 0.252 e. The van der Waals surface area contributed by atoms with Gasteiger partial charge in [-0.1, -0.05) is 23.2 Å². The van der Waals surface area contributed by atoms with E-state index in [1.54, 1.807) is 12.1 Å². The van der Waals surface area contributed by atoms with Gasteiger partial charge >= 0.3 is 0 Å². The van der Waals surface area contributed by atoms with Gasteiger partial charge in [0.25, 0.3) is 5.91 Å². The van der Waals surface area contributed by atoms with Crippen LogP contribution in [0.15, 0.2) is 18.2 Å². The average molecular weight is 304 g/mol. The molecule has 0 bridgehead atoms. The van der Waals surface area contributed by atoms with Crippen molar-refractivity contribution in [3.63, 3.8) is 0 Å². The van der Waals surface area contributed by atoms with Crippen LogP contribution in [0.1, 0.15) is 24.2 Å². The number of halogens is 2.